The zero-order chi connectivity index (χ0) is 27.4. The molecule has 0 saturated carbocycles. The van der Waals surface area contributed by atoms with Crippen molar-refractivity contribution in [2.24, 2.45) is 0 Å². The number of carbonyl (C=O) groups is 1. The molecule has 4 rings (SSSR count). The number of carbonyl (C=O) groups excluding carboxylic acids is 1. The molecule has 0 aliphatic rings. The minimum Gasteiger partial charge on any atom is -0.493 e. The maximum atomic E-state index is 13.7. The van der Waals surface area contributed by atoms with Gasteiger partial charge in [0.1, 0.15) is 10.6 Å². The van der Waals surface area contributed by atoms with Crippen molar-refractivity contribution in [3.63, 3.8) is 0 Å². The van der Waals surface area contributed by atoms with E-state index in [1.165, 1.54) is 24.9 Å². The summed E-state index contributed by atoms with van der Waals surface area (Å²) in [5.41, 5.74) is 1.59. The lowest BCUT2D eigenvalue weighted by molar-refractivity contribution is 0.0526. The molecule has 13 heteroatoms. The van der Waals surface area contributed by atoms with Crippen molar-refractivity contribution < 1.29 is 27.4 Å². The summed E-state index contributed by atoms with van der Waals surface area (Å²) in [5, 5.41) is 8.32. The van der Waals surface area contributed by atoms with E-state index in [-0.39, 0.29) is 15.8 Å². The fourth-order valence-electron chi connectivity index (χ4n) is 3.61. The van der Waals surface area contributed by atoms with E-state index in [0.29, 0.717) is 45.6 Å². The van der Waals surface area contributed by atoms with Crippen LogP contribution in [-0.2, 0) is 14.8 Å². The van der Waals surface area contributed by atoms with Crippen molar-refractivity contribution in [3.05, 3.63) is 64.6 Å². The SMILES string of the molecule is CCOC(=O)c1cccc(-n2cc(-c3sc(Cl)cc3S(=O)(=O)N(C)c3ccc(OCC)c(OC)c3)nn2)c1. The fraction of sp³-hybridized carbons (Fsp3) is 0.240. The highest BCUT2D eigenvalue weighted by Crippen LogP contribution is 2.40. The van der Waals surface area contributed by atoms with E-state index in [1.54, 1.807) is 55.6 Å². The molecule has 38 heavy (non-hydrogen) atoms. The van der Waals surface area contributed by atoms with Crippen LogP contribution in [0.25, 0.3) is 16.3 Å². The van der Waals surface area contributed by atoms with E-state index in [1.807, 2.05) is 6.92 Å². The van der Waals surface area contributed by atoms with Crippen LogP contribution in [0.3, 0.4) is 0 Å². The molecule has 4 aromatic rings. The molecule has 0 aliphatic heterocycles. The van der Waals surface area contributed by atoms with E-state index in [9.17, 15) is 13.2 Å². The lowest BCUT2D eigenvalue weighted by Gasteiger charge is -2.21. The van der Waals surface area contributed by atoms with Gasteiger partial charge in [-0.2, -0.15) is 0 Å². The van der Waals surface area contributed by atoms with Crippen molar-refractivity contribution in [2.75, 3.05) is 31.7 Å². The summed E-state index contributed by atoms with van der Waals surface area (Å²) in [4.78, 5) is 12.4. The van der Waals surface area contributed by atoms with Gasteiger partial charge in [-0.1, -0.05) is 22.9 Å². The minimum absolute atomic E-state index is 0.0184. The van der Waals surface area contributed by atoms with Gasteiger partial charge in [0.25, 0.3) is 10.0 Å². The first-order chi connectivity index (χ1) is 18.2. The second-order valence-corrected chi connectivity index (χ2v) is 11.4. The van der Waals surface area contributed by atoms with Crippen LogP contribution in [-0.4, -0.2) is 56.8 Å². The summed E-state index contributed by atoms with van der Waals surface area (Å²) < 4.78 is 46.2. The highest BCUT2D eigenvalue weighted by molar-refractivity contribution is 7.93. The minimum atomic E-state index is -4.06. The zero-order valence-electron chi connectivity index (χ0n) is 21.0. The average molecular weight is 577 g/mol. The topological polar surface area (TPSA) is 113 Å². The second-order valence-electron chi connectivity index (χ2n) is 7.80. The van der Waals surface area contributed by atoms with Crippen molar-refractivity contribution in [1.82, 2.24) is 15.0 Å². The second kappa shape index (κ2) is 11.4. The van der Waals surface area contributed by atoms with E-state index < -0.39 is 16.0 Å². The molecular formula is C25H25ClN4O6S2. The number of anilines is 1. The number of thiophene rings is 1. The number of methoxy groups -OCH3 is 1. The largest absolute Gasteiger partial charge is 0.493 e. The lowest BCUT2D eigenvalue weighted by Crippen LogP contribution is -2.26. The Balaban J connectivity index is 1.69. The molecule has 0 bridgehead atoms. The maximum Gasteiger partial charge on any atom is 0.338 e. The number of rotatable bonds is 10. The summed E-state index contributed by atoms with van der Waals surface area (Å²) >= 11 is 7.35. The Hall–Kier alpha value is -3.61. The molecule has 2 aromatic carbocycles. The molecular weight excluding hydrogens is 552 g/mol. The summed E-state index contributed by atoms with van der Waals surface area (Å²) in [5.74, 6) is 0.456. The Morgan fingerprint density at radius 3 is 2.61 bits per heavy atom. The highest BCUT2D eigenvalue weighted by atomic mass is 35.5. The summed E-state index contributed by atoms with van der Waals surface area (Å²) in [6.07, 6.45) is 1.57. The number of halogens is 1. The van der Waals surface area contributed by atoms with Gasteiger partial charge in [0.05, 0.1) is 52.7 Å². The number of aromatic nitrogens is 3. The van der Waals surface area contributed by atoms with Crippen LogP contribution in [0.4, 0.5) is 5.69 Å². The molecule has 0 spiro atoms. The fourth-order valence-corrected chi connectivity index (χ4v) is 6.55. The average Bonchev–Trinajstić information content (AvgIpc) is 3.56. The van der Waals surface area contributed by atoms with Gasteiger partial charge in [-0.25, -0.2) is 17.9 Å². The number of esters is 1. The standard InChI is InChI=1S/C25H25ClN4O6S2/c1-5-35-20-11-10-17(13-21(20)34-4)29(3)38(32,33)22-14-23(26)37-24(22)19-15-30(28-27-19)18-9-7-8-16(12-18)25(31)36-6-2/h7-15H,5-6H2,1-4H3. The van der Waals surface area contributed by atoms with Gasteiger partial charge in [-0.3, -0.25) is 4.31 Å². The molecule has 0 amide bonds. The van der Waals surface area contributed by atoms with Crippen LogP contribution in [0.1, 0.15) is 24.2 Å². The van der Waals surface area contributed by atoms with Gasteiger partial charge >= 0.3 is 5.97 Å². The first-order valence-corrected chi connectivity index (χ1v) is 14.1. The Morgan fingerprint density at radius 1 is 1.11 bits per heavy atom. The Labute approximate surface area is 229 Å². The van der Waals surface area contributed by atoms with E-state index >= 15 is 0 Å². The first-order valence-electron chi connectivity index (χ1n) is 11.5. The third-order valence-corrected chi connectivity index (χ3v) is 8.69. The number of benzene rings is 2. The number of hydrogen-bond donors (Lipinski definition) is 0. The molecule has 0 N–H and O–H groups in total. The quantitative estimate of drug-likeness (QED) is 0.241. The van der Waals surface area contributed by atoms with E-state index in [2.05, 4.69) is 10.3 Å². The highest BCUT2D eigenvalue weighted by Gasteiger charge is 2.29. The maximum absolute atomic E-state index is 13.7. The summed E-state index contributed by atoms with van der Waals surface area (Å²) in [7, 11) is -1.13. The number of sulfonamides is 1. The number of ether oxygens (including phenoxy) is 3. The Morgan fingerprint density at radius 2 is 1.89 bits per heavy atom. The van der Waals surface area contributed by atoms with Gasteiger partial charge < -0.3 is 14.2 Å². The normalized spacial score (nSPS) is 11.3. The molecule has 10 nitrogen and oxygen atoms in total. The van der Waals surface area contributed by atoms with Crippen LogP contribution in [0.2, 0.25) is 4.34 Å². The molecule has 0 radical (unpaired) electrons. The monoisotopic (exact) mass is 576 g/mol. The van der Waals surface area contributed by atoms with Crippen molar-refractivity contribution in [2.45, 2.75) is 18.7 Å². The molecule has 2 heterocycles. The molecule has 0 atom stereocenters. The first kappa shape index (κ1) is 27.4. The predicted octanol–water partition coefficient (Wildman–Crippen LogP) is 5.06. The van der Waals surface area contributed by atoms with Crippen molar-refractivity contribution in [3.8, 4) is 27.8 Å². The molecule has 2 aromatic heterocycles. The third kappa shape index (κ3) is 5.47. The molecule has 0 aliphatic carbocycles. The van der Waals surface area contributed by atoms with Crippen LogP contribution in [0, 0.1) is 0 Å². The molecule has 200 valence electrons. The van der Waals surface area contributed by atoms with E-state index in [4.69, 9.17) is 25.8 Å². The van der Waals surface area contributed by atoms with E-state index in [0.717, 1.165) is 15.6 Å². The number of nitrogens with zero attached hydrogens (tertiary/aromatic N) is 4. The van der Waals surface area contributed by atoms with Crippen molar-refractivity contribution in [1.29, 1.82) is 0 Å². The van der Waals surface area contributed by atoms with Gasteiger partial charge in [-0.15, -0.1) is 16.4 Å². The molecule has 0 saturated heterocycles. The van der Waals surface area contributed by atoms with Gasteiger partial charge in [0.2, 0.25) is 0 Å². The molecule has 0 unspecified atom stereocenters. The summed E-state index contributed by atoms with van der Waals surface area (Å²) in [6.45, 7) is 4.27. The zero-order valence-corrected chi connectivity index (χ0v) is 23.4. The smallest absolute Gasteiger partial charge is 0.338 e. The van der Waals surface area contributed by atoms with Gasteiger partial charge in [0.15, 0.2) is 11.5 Å². The third-order valence-electron chi connectivity index (χ3n) is 5.46. The van der Waals surface area contributed by atoms with Crippen LogP contribution < -0.4 is 13.8 Å². The Kier molecular flexibility index (Phi) is 8.24. The van der Waals surface area contributed by atoms with Gasteiger partial charge in [-0.05, 0) is 50.2 Å². The van der Waals surface area contributed by atoms with Crippen LogP contribution in [0.15, 0.2) is 59.6 Å². The molecule has 0 fully saturated rings. The van der Waals surface area contributed by atoms with Crippen molar-refractivity contribution >= 4 is 44.6 Å². The Bertz CT molecular complexity index is 1570. The summed E-state index contributed by atoms with van der Waals surface area (Å²) in [6, 6.07) is 12.9. The van der Waals surface area contributed by atoms with Gasteiger partial charge in [0, 0.05) is 13.1 Å². The van der Waals surface area contributed by atoms with Crippen LogP contribution >= 0.6 is 22.9 Å². The van der Waals surface area contributed by atoms with Crippen LogP contribution in [0.5, 0.6) is 11.5 Å². The number of hydrogen-bond acceptors (Lipinski definition) is 9. The lowest BCUT2D eigenvalue weighted by atomic mass is 10.2. The predicted molar refractivity (Wildman–Crippen MR) is 145 cm³/mol.